The van der Waals surface area contributed by atoms with E-state index in [2.05, 4.69) is 20.5 Å². The predicted molar refractivity (Wildman–Crippen MR) is 129 cm³/mol. The molecule has 1 amide bonds. The van der Waals surface area contributed by atoms with Crippen molar-refractivity contribution in [2.45, 2.75) is 47.1 Å². The van der Waals surface area contributed by atoms with Gasteiger partial charge in [0.1, 0.15) is 5.52 Å². The van der Waals surface area contributed by atoms with Crippen LogP contribution in [0.25, 0.3) is 16.9 Å². The Kier molecular flexibility index (Phi) is 6.12. The van der Waals surface area contributed by atoms with Crippen LogP contribution in [-0.2, 0) is 0 Å². The molecule has 3 heterocycles. The van der Waals surface area contributed by atoms with Gasteiger partial charge in [0.25, 0.3) is 11.5 Å². The number of aromatic nitrogens is 5. The molecule has 9 heteroatoms. The number of halogens is 1. The van der Waals surface area contributed by atoms with Gasteiger partial charge in [-0.15, -0.1) is 5.10 Å². The van der Waals surface area contributed by atoms with Crippen LogP contribution in [0.4, 0.5) is 0 Å². The number of hydrogen-bond acceptors (Lipinski definition) is 4. The molecule has 4 rings (SSSR count). The van der Waals surface area contributed by atoms with Gasteiger partial charge in [0, 0.05) is 18.3 Å². The van der Waals surface area contributed by atoms with E-state index in [4.69, 9.17) is 11.6 Å². The van der Waals surface area contributed by atoms with Crippen molar-refractivity contribution in [2.24, 2.45) is 0 Å². The second-order valence-electron chi connectivity index (χ2n) is 8.36. The van der Waals surface area contributed by atoms with Crippen molar-refractivity contribution >= 4 is 23.0 Å². The van der Waals surface area contributed by atoms with E-state index >= 15 is 0 Å². The van der Waals surface area contributed by atoms with Gasteiger partial charge in [-0.2, -0.15) is 5.10 Å². The zero-order valence-corrected chi connectivity index (χ0v) is 20.1. The number of benzene rings is 1. The number of amides is 1. The van der Waals surface area contributed by atoms with Crippen LogP contribution in [0.3, 0.4) is 0 Å². The molecule has 8 nitrogen and oxygen atoms in total. The molecule has 0 radical (unpaired) electrons. The van der Waals surface area contributed by atoms with Crippen LogP contribution in [0.1, 0.15) is 52.3 Å². The summed E-state index contributed by atoms with van der Waals surface area (Å²) >= 11 is 6.28. The maximum absolute atomic E-state index is 12.9. The van der Waals surface area contributed by atoms with Gasteiger partial charge in [0.15, 0.2) is 5.82 Å². The largest absolute Gasteiger partial charge is 0.350 e. The van der Waals surface area contributed by atoms with E-state index in [0.717, 1.165) is 34.5 Å². The monoisotopic (exact) mass is 466 g/mol. The molecule has 2 N–H and O–H groups in total. The highest BCUT2D eigenvalue weighted by atomic mass is 35.5. The van der Waals surface area contributed by atoms with Gasteiger partial charge in [0.2, 0.25) is 0 Å². The van der Waals surface area contributed by atoms with Gasteiger partial charge in [-0.3, -0.25) is 14.3 Å². The van der Waals surface area contributed by atoms with Crippen LogP contribution in [0, 0.1) is 27.7 Å². The van der Waals surface area contributed by atoms with Crippen molar-refractivity contribution in [1.29, 1.82) is 0 Å². The molecule has 0 bridgehead atoms. The third-order valence-electron chi connectivity index (χ3n) is 6.07. The van der Waals surface area contributed by atoms with E-state index in [1.807, 2.05) is 57.5 Å². The number of aromatic amines is 1. The van der Waals surface area contributed by atoms with E-state index in [1.165, 1.54) is 4.52 Å². The lowest BCUT2D eigenvalue weighted by Crippen LogP contribution is -2.31. The Morgan fingerprint density at radius 3 is 2.55 bits per heavy atom. The van der Waals surface area contributed by atoms with E-state index in [0.29, 0.717) is 28.5 Å². The fraction of sp³-hybridized carbons (Fsp3) is 0.333. The molecular weight excluding hydrogens is 440 g/mol. The summed E-state index contributed by atoms with van der Waals surface area (Å²) in [6.45, 7) is 10.2. The summed E-state index contributed by atoms with van der Waals surface area (Å²) in [5, 5.41) is 12.6. The first-order valence-electron chi connectivity index (χ1n) is 10.9. The first-order chi connectivity index (χ1) is 15.7. The number of nitrogens with one attached hydrogen (secondary N) is 2. The average Bonchev–Trinajstić information content (AvgIpc) is 3.33. The zero-order valence-electron chi connectivity index (χ0n) is 19.4. The standard InChI is InChI=1S/C24H27ClN6O2/c1-6-19(31-16(5)21(25)15(4)28-31)11-26-23(32)18-10-20-24(33)27-22(29-30(20)12-18)17-8-7-13(2)14(3)9-17/h7-10,12,19H,6,11H2,1-5H3,(H,26,32)(H,27,29,33). The van der Waals surface area contributed by atoms with Crippen LogP contribution < -0.4 is 10.9 Å². The van der Waals surface area contributed by atoms with Crippen molar-refractivity contribution in [3.8, 4) is 11.4 Å². The van der Waals surface area contributed by atoms with Crippen molar-refractivity contribution in [3.05, 3.63) is 73.9 Å². The first kappa shape index (κ1) is 22.8. The summed E-state index contributed by atoms with van der Waals surface area (Å²) in [6.07, 6.45) is 2.35. The van der Waals surface area contributed by atoms with Crippen LogP contribution in [0.15, 0.2) is 35.3 Å². The molecule has 4 aromatic rings. The first-order valence-corrected chi connectivity index (χ1v) is 11.3. The zero-order chi connectivity index (χ0) is 23.9. The molecule has 0 aliphatic heterocycles. The second kappa shape index (κ2) is 8.86. The maximum Gasteiger partial charge on any atom is 0.275 e. The topological polar surface area (TPSA) is 97.1 Å². The molecule has 1 unspecified atom stereocenters. The number of H-pyrrole nitrogens is 1. The molecule has 1 aromatic carbocycles. The minimum Gasteiger partial charge on any atom is -0.350 e. The SMILES string of the molecule is CCC(CNC(=O)c1cc2c(=O)[nH]c(-c3ccc(C)c(C)c3)nn2c1)n1nc(C)c(Cl)c1C. The smallest absolute Gasteiger partial charge is 0.275 e. The van der Waals surface area contributed by atoms with Crippen molar-refractivity contribution in [2.75, 3.05) is 6.54 Å². The summed E-state index contributed by atoms with van der Waals surface area (Å²) in [6, 6.07) is 7.40. The summed E-state index contributed by atoms with van der Waals surface area (Å²) in [5.74, 6) is 0.171. The Morgan fingerprint density at radius 1 is 1.15 bits per heavy atom. The fourth-order valence-electron chi connectivity index (χ4n) is 3.87. The number of rotatable bonds is 6. The van der Waals surface area contributed by atoms with Gasteiger partial charge in [-0.1, -0.05) is 30.7 Å². The normalized spacial score (nSPS) is 12.3. The Morgan fingerprint density at radius 2 is 1.91 bits per heavy atom. The fourth-order valence-corrected chi connectivity index (χ4v) is 3.99. The van der Waals surface area contributed by atoms with Crippen LogP contribution >= 0.6 is 11.6 Å². The van der Waals surface area contributed by atoms with Crippen LogP contribution in [0.5, 0.6) is 0 Å². The molecule has 0 saturated heterocycles. The van der Waals surface area contributed by atoms with Crippen molar-refractivity contribution in [3.63, 3.8) is 0 Å². The molecule has 0 spiro atoms. The third-order valence-corrected chi connectivity index (χ3v) is 6.61. The molecule has 0 fully saturated rings. The number of fused-ring (bicyclic) bond motifs is 1. The highest BCUT2D eigenvalue weighted by molar-refractivity contribution is 6.31. The van der Waals surface area contributed by atoms with Gasteiger partial charge in [-0.05, 0) is 57.4 Å². The second-order valence-corrected chi connectivity index (χ2v) is 8.74. The molecule has 33 heavy (non-hydrogen) atoms. The van der Waals surface area contributed by atoms with E-state index in [9.17, 15) is 9.59 Å². The number of hydrogen-bond donors (Lipinski definition) is 2. The minimum absolute atomic E-state index is 0.0323. The quantitative estimate of drug-likeness (QED) is 0.446. The summed E-state index contributed by atoms with van der Waals surface area (Å²) < 4.78 is 3.31. The van der Waals surface area contributed by atoms with Crippen molar-refractivity contribution in [1.82, 2.24) is 29.7 Å². The molecule has 172 valence electrons. The molecule has 3 aromatic heterocycles. The lowest BCUT2D eigenvalue weighted by atomic mass is 10.1. The Hall–Kier alpha value is -3.39. The number of carbonyl (C=O) groups excluding carboxylic acids is 1. The number of carbonyl (C=O) groups is 1. The number of nitrogens with zero attached hydrogens (tertiary/aromatic N) is 4. The van der Waals surface area contributed by atoms with Crippen LogP contribution in [0.2, 0.25) is 5.02 Å². The van der Waals surface area contributed by atoms with Gasteiger partial charge in [-0.25, -0.2) is 4.52 Å². The van der Waals surface area contributed by atoms with Crippen LogP contribution in [-0.4, -0.2) is 36.8 Å². The van der Waals surface area contributed by atoms with E-state index in [1.54, 1.807) is 12.3 Å². The highest BCUT2D eigenvalue weighted by Gasteiger charge is 2.19. The Balaban J connectivity index is 1.57. The number of aryl methyl sites for hydroxylation is 3. The van der Waals surface area contributed by atoms with Gasteiger partial charge >= 0.3 is 0 Å². The van der Waals surface area contributed by atoms with Crippen molar-refractivity contribution < 1.29 is 4.79 Å². The summed E-state index contributed by atoms with van der Waals surface area (Å²) in [7, 11) is 0. The lowest BCUT2D eigenvalue weighted by Gasteiger charge is -2.18. The van der Waals surface area contributed by atoms with Gasteiger partial charge in [0.05, 0.1) is 28.0 Å². The molecule has 1 atom stereocenters. The third kappa shape index (κ3) is 4.30. The summed E-state index contributed by atoms with van der Waals surface area (Å²) in [4.78, 5) is 28.3. The average molecular weight is 467 g/mol. The molecular formula is C24H27ClN6O2. The minimum atomic E-state index is -0.305. The Labute approximate surface area is 196 Å². The lowest BCUT2D eigenvalue weighted by molar-refractivity contribution is 0.0946. The Bertz CT molecular complexity index is 1410. The molecule has 0 aliphatic carbocycles. The van der Waals surface area contributed by atoms with E-state index in [-0.39, 0.29) is 17.5 Å². The highest BCUT2D eigenvalue weighted by Crippen LogP contribution is 2.23. The maximum atomic E-state index is 12.9. The summed E-state index contributed by atoms with van der Waals surface area (Å²) in [5.41, 5.74) is 5.10. The molecule has 0 saturated carbocycles. The van der Waals surface area contributed by atoms with Gasteiger partial charge < -0.3 is 10.3 Å². The van der Waals surface area contributed by atoms with E-state index < -0.39 is 0 Å². The molecule has 0 aliphatic rings. The predicted octanol–water partition coefficient (Wildman–Crippen LogP) is 4.15.